The summed E-state index contributed by atoms with van der Waals surface area (Å²) in [7, 11) is 1.83. The van der Waals surface area contributed by atoms with Crippen LogP contribution < -0.4 is 10.6 Å². The minimum absolute atomic E-state index is 0.0315. The van der Waals surface area contributed by atoms with Gasteiger partial charge in [-0.3, -0.25) is 14.6 Å². The van der Waals surface area contributed by atoms with Crippen molar-refractivity contribution < 1.29 is 4.39 Å². The van der Waals surface area contributed by atoms with Crippen LogP contribution in [0.25, 0.3) is 10.9 Å². The molecule has 3 aromatic carbocycles. The number of likely N-dealkylation sites (tertiary alicyclic amines) is 1. The largest absolute Gasteiger partial charge is 0.371 e. The van der Waals surface area contributed by atoms with Gasteiger partial charge >= 0.3 is 0 Å². The van der Waals surface area contributed by atoms with Crippen molar-refractivity contribution in [2.75, 3.05) is 23.7 Å². The highest BCUT2D eigenvalue weighted by Gasteiger charge is 2.22. The number of aryl methyl sites for hydroxylation is 1. The highest BCUT2D eigenvalue weighted by atomic mass is 35.5. The number of nitrogens with zero attached hydrogens (tertiary/aromatic N) is 6. The first-order valence-corrected chi connectivity index (χ1v) is 14.3. The fourth-order valence-corrected chi connectivity index (χ4v) is 5.77. The fourth-order valence-electron chi connectivity index (χ4n) is 5.37. The average molecular weight is 602 g/mol. The molecule has 1 aliphatic rings. The van der Waals surface area contributed by atoms with E-state index in [-0.39, 0.29) is 11.1 Å². The third-order valence-corrected chi connectivity index (χ3v) is 7.86. The minimum Gasteiger partial charge on any atom is -0.371 e. The Morgan fingerprint density at radius 1 is 1.10 bits per heavy atom. The van der Waals surface area contributed by atoms with E-state index in [0.717, 1.165) is 30.9 Å². The predicted octanol–water partition coefficient (Wildman–Crippen LogP) is 7.22. The van der Waals surface area contributed by atoms with E-state index < -0.39 is 5.82 Å². The Bertz CT molecular complexity index is 1810. The van der Waals surface area contributed by atoms with Gasteiger partial charge in [-0.2, -0.15) is 5.26 Å². The molecule has 0 bridgehead atoms. The molecule has 0 saturated carbocycles. The van der Waals surface area contributed by atoms with Crippen molar-refractivity contribution >= 4 is 51.2 Å². The maximum atomic E-state index is 13.8. The molecule has 8 nitrogen and oxygen atoms in total. The van der Waals surface area contributed by atoms with Crippen molar-refractivity contribution in [2.24, 2.45) is 7.05 Å². The Labute approximate surface area is 252 Å². The van der Waals surface area contributed by atoms with Crippen LogP contribution in [0.5, 0.6) is 0 Å². The van der Waals surface area contributed by atoms with Gasteiger partial charge in [-0.1, -0.05) is 52.7 Å². The van der Waals surface area contributed by atoms with Gasteiger partial charge in [0.2, 0.25) is 0 Å². The summed E-state index contributed by atoms with van der Waals surface area (Å²) >= 11 is 12.7. The number of hydrogen-bond donors (Lipinski definition) is 2. The molecule has 1 saturated heterocycles. The van der Waals surface area contributed by atoms with Gasteiger partial charge < -0.3 is 10.6 Å². The first-order chi connectivity index (χ1) is 20.4. The lowest BCUT2D eigenvalue weighted by molar-refractivity contribution is 0.331. The zero-order valence-electron chi connectivity index (χ0n) is 22.8. The Balaban J connectivity index is 1.42. The predicted molar refractivity (Wildman–Crippen MR) is 164 cm³/mol. The number of rotatable bonds is 8. The molecule has 11 heteroatoms. The Morgan fingerprint density at radius 2 is 1.93 bits per heavy atom. The molecule has 42 heavy (non-hydrogen) atoms. The molecular formula is C31H27Cl2FN8. The molecular weight excluding hydrogens is 574 g/mol. The van der Waals surface area contributed by atoms with Crippen LogP contribution >= 0.6 is 23.2 Å². The van der Waals surface area contributed by atoms with Crippen LogP contribution in [0, 0.1) is 17.1 Å². The third kappa shape index (κ3) is 5.88. The molecule has 212 valence electrons. The molecule has 0 spiro atoms. The summed E-state index contributed by atoms with van der Waals surface area (Å²) in [5.74, 6) is -0.531. The summed E-state index contributed by atoms with van der Waals surface area (Å²) in [6.07, 6.45) is 5.85. The van der Waals surface area contributed by atoms with E-state index in [4.69, 9.17) is 23.2 Å². The Hall–Kier alpha value is -4.23. The lowest BCUT2D eigenvalue weighted by atomic mass is 10.00. The average Bonchev–Trinajstić information content (AvgIpc) is 3.65. The SMILES string of the molecule is Cn1cc([C@@H](Nc2cc(Cl)cc3c(Nc4ccc(F)c(Cl)c4)c(C#N)cnc23)c2cccc(CN3CCCC3)c2)nn1. The van der Waals surface area contributed by atoms with Gasteiger partial charge in [0.15, 0.2) is 0 Å². The van der Waals surface area contributed by atoms with Crippen molar-refractivity contribution in [2.45, 2.75) is 25.4 Å². The van der Waals surface area contributed by atoms with Gasteiger partial charge in [0.25, 0.3) is 0 Å². The number of hydrogen-bond acceptors (Lipinski definition) is 7. The van der Waals surface area contributed by atoms with E-state index in [1.807, 2.05) is 13.2 Å². The monoisotopic (exact) mass is 600 g/mol. The highest BCUT2D eigenvalue weighted by molar-refractivity contribution is 6.32. The highest BCUT2D eigenvalue weighted by Crippen LogP contribution is 2.38. The normalized spacial score (nSPS) is 14.2. The third-order valence-electron chi connectivity index (χ3n) is 7.35. The summed E-state index contributed by atoms with van der Waals surface area (Å²) in [6.45, 7) is 3.12. The lowest BCUT2D eigenvalue weighted by Gasteiger charge is -2.22. The molecule has 2 aromatic heterocycles. The first-order valence-electron chi connectivity index (χ1n) is 13.6. The summed E-state index contributed by atoms with van der Waals surface area (Å²) < 4.78 is 15.5. The zero-order chi connectivity index (χ0) is 29.2. The van der Waals surface area contributed by atoms with Crippen LogP contribution in [0.1, 0.15) is 41.3 Å². The molecule has 1 aliphatic heterocycles. The molecule has 0 unspecified atom stereocenters. The van der Waals surface area contributed by atoms with Gasteiger partial charge in [-0.25, -0.2) is 4.39 Å². The number of halogens is 3. The van der Waals surface area contributed by atoms with Crippen molar-refractivity contribution in [1.29, 1.82) is 5.26 Å². The molecule has 0 radical (unpaired) electrons. The zero-order valence-corrected chi connectivity index (χ0v) is 24.3. The molecule has 3 heterocycles. The van der Waals surface area contributed by atoms with Crippen molar-refractivity contribution in [3.05, 3.63) is 105 Å². The Kier molecular flexibility index (Phi) is 7.94. The van der Waals surface area contributed by atoms with Crippen LogP contribution in [0.2, 0.25) is 10.0 Å². The van der Waals surface area contributed by atoms with E-state index in [2.05, 4.69) is 61.2 Å². The van der Waals surface area contributed by atoms with Crippen molar-refractivity contribution in [1.82, 2.24) is 24.9 Å². The minimum atomic E-state index is -0.531. The van der Waals surface area contributed by atoms with Gasteiger partial charge in [0.05, 0.1) is 39.7 Å². The van der Waals surface area contributed by atoms with Crippen LogP contribution in [0.3, 0.4) is 0 Å². The second-order valence-corrected chi connectivity index (χ2v) is 11.2. The molecule has 0 aliphatic carbocycles. The molecule has 1 atom stereocenters. The van der Waals surface area contributed by atoms with Gasteiger partial charge in [-0.05, 0) is 67.4 Å². The van der Waals surface area contributed by atoms with Crippen molar-refractivity contribution in [3.63, 3.8) is 0 Å². The standard InChI is InChI=1S/C31H27Cl2FN8/c1-41-18-28(39-40-41)30(20-6-4-5-19(11-20)17-42-9-2-3-10-42)38-27-13-22(32)12-24-29(21(15-35)16-36-31(24)27)37-23-7-8-26(34)25(33)14-23/h4-8,11-14,16,18,30,38H,2-3,9-10,17H2,1H3,(H,36,37)/t30-/m0/s1. The van der Waals surface area contributed by atoms with E-state index in [1.54, 1.807) is 22.9 Å². The van der Waals surface area contributed by atoms with Gasteiger partial charge in [-0.15, -0.1) is 5.10 Å². The summed E-state index contributed by atoms with van der Waals surface area (Å²) in [6, 6.07) is 18.1. The Morgan fingerprint density at radius 3 is 2.67 bits per heavy atom. The van der Waals surface area contributed by atoms with E-state index in [0.29, 0.717) is 38.6 Å². The van der Waals surface area contributed by atoms with E-state index >= 15 is 0 Å². The topological polar surface area (TPSA) is 94.7 Å². The number of aromatic nitrogens is 4. The summed E-state index contributed by atoms with van der Waals surface area (Å²) in [5.41, 5.74) is 5.54. The maximum absolute atomic E-state index is 13.8. The molecule has 6 rings (SSSR count). The number of benzene rings is 3. The number of fused-ring (bicyclic) bond motifs is 1. The molecule has 1 fully saturated rings. The number of nitriles is 1. The number of nitrogens with one attached hydrogen (secondary N) is 2. The molecule has 5 aromatic rings. The maximum Gasteiger partial charge on any atom is 0.141 e. The number of anilines is 3. The van der Waals surface area contributed by atoms with Crippen LogP contribution in [0.4, 0.5) is 21.5 Å². The van der Waals surface area contributed by atoms with E-state index in [9.17, 15) is 9.65 Å². The number of pyridine rings is 1. The fraction of sp³-hybridized carbons (Fsp3) is 0.226. The smallest absolute Gasteiger partial charge is 0.141 e. The first kappa shape index (κ1) is 27.9. The van der Waals surface area contributed by atoms with Crippen LogP contribution in [-0.2, 0) is 13.6 Å². The van der Waals surface area contributed by atoms with Crippen molar-refractivity contribution in [3.8, 4) is 6.07 Å². The van der Waals surface area contributed by atoms with Gasteiger partial charge in [0, 0.05) is 35.9 Å². The van der Waals surface area contributed by atoms with Crippen LogP contribution in [-0.4, -0.2) is 38.0 Å². The lowest BCUT2D eigenvalue weighted by Crippen LogP contribution is -2.19. The molecule has 0 amide bonds. The molecule has 2 N–H and O–H groups in total. The summed E-state index contributed by atoms with van der Waals surface area (Å²) in [5, 5.41) is 26.4. The van der Waals surface area contributed by atoms with Gasteiger partial charge in [0.1, 0.15) is 17.6 Å². The summed E-state index contributed by atoms with van der Waals surface area (Å²) in [4.78, 5) is 7.11. The second kappa shape index (κ2) is 11.9. The van der Waals surface area contributed by atoms with Crippen LogP contribution in [0.15, 0.2) is 67.0 Å². The quantitative estimate of drug-likeness (QED) is 0.194. The van der Waals surface area contributed by atoms with E-state index in [1.165, 1.54) is 36.7 Å². The second-order valence-electron chi connectivity index (χ2n) is 10.4.